The number of nitrogens with one attached hydrogen (secondary N) is 2. The van der Waals surface area contributed by atoms with Gasteiger partial charge in [0.2, 0.25) is 5.88 Å². The van der Waals surface area contributed by atoms with Crippen LogP contribution in [0.3, 0.4) is 0 Å². The van der Waals surface area contributed by atoms with Gasteiger partial charge in [0.15, 0.2) is 0 Å². The van der Waals surface area contributed by atoms with Gasteiger partial charge in [-0.05, 0) is 25.3 Å². The molecule has 4 heterocycles. The first kappa shape index (κ1) is 13.7. The summed E-state index contributed by atoms with van der Waals surface area (Å²) in [6.07, 6.45) is 5.11. The average Bonchev–Trinajstić information content (AvgIpc) is 3.24. The molecule has 0 spiro atoms. The van der Waals surface area contributed by atoms with E-state index in [1.165, 1.54) is 17.8 Å². The van der Waals surface area contributed by atoms with E-state index in [2.05, 4.69) is 15.6 Å². The molecule has 3 unspecified atom stereocenters. The number of ether oxygens (including phenoxy) is 1. The minimum atomic E-state index is -0.0137. The van der Waals surface area contributed by atoms with Gasteiger partial charge in [-0.3, -0.25) is 4.79 Å². The monoisotopic (exact) mass is 315 g/mol. The van der Waals surface area contributed by atoms with Crippen LogP contribution in [0.25, 0.3) is 0 Å². The molecule has 0 saturated carbocycles. The van der Waals surface area contributed by atoms with E-state index in [0.29, 0.717) is 28.6 Å². The lowest BCUT2D eigenvalue weighted by Gasteiger charge is -2.20. The highest BCUT2D eigenvalue weighted by atomic mass is 32.1. The highest BCUT2D eigenvalue weighted by Crippen LogP contribution is 2.29. The molecule has 0 radical (unpaired) electrons. The predicted octanol–water partition coefficient (Wildman–Crippen LogP) is 2.56. The van der Waals surface area contributed by atoms with Crippen molar-refractivity contribution in [3.05, 3.63) is 40.7 Å². The fourth-order valence-electron chi connectivity index (χ4n) is 3.24. The third kappa shape index (κ3) is 2.71. The molecule has 0 aliphatic carbocycles. The van der Waals surface area contributed by atoms with E-state index in [1.54, 1.807) is 18.3 Å². The van der Waals surface area contributed by atoms with Crippen LogP contribution in [0.5, 0.6) is 11.6 Å². The third-order valence-corrected chi connectivity index (χ3v) is 5.18. The number of nitrogens with zero attached hydrogens (tertiary/aromatic N) is 1. The van der Waals surface area contributed by atoms with E-state index >= 15 is 0 Å². The van der Waals surface area contributed by atoms with Crippen LogP contribution in [-0.4, -0.2) is 29.0 Å². The minimum absolute atomic E-state index is 0.0137. The summed E-state index contributed by atoms with van der Waals surface area (Å²) in [7, 11) is 0. The Morgan fingerprint density at radius 2 is 2.36 bits per heavy atom. The van der Waals surface area contributed by atoms with Crippen molar-refractivity contribution in [2.24, 2.45) is 0 Å². The normalized spacial score (nSPS) is 26.1. The second-order valence-electron chi connectivity index (χ2n) is 5.78. The van der Waals surface area contributed by atoms with Gasteiger partial charge in [0.05, 0.1) is 4.88 Å². The smallest absolute Gasteiger partial charge is 0.261 e. The maximum absolute atomic E-state index is 12.3. The first-order valence-electron chi connectivity index (χ1n) is 7.52. The maximum Gasteiger partial charge on any atom is 0.261 e. The molecular weight excluding hydrogens is 298 g/mol. The topological polar surface area (TPSA) is 63.2 Å². The Hall–Kier alpha value is -1.92. The molecular formula is C16H17N3O2S. The number of carbonyl (C=O) groups excluding carboxylic acids is 1. The summed E-state index contributed by atoms with van der Waals surface area (Å²) in [5.41, 5.74) is 0. The summed E-state index contributed by atoms with van der Waals surface area (Å²) in [4.78, 5) is 17.1. The summed E-state index contributed by atoms with van der Waals surface area (Å²) in [6, 6.07) is 8.55. The molecule has 22 heavy (non-hydrogen) atoms. The zero-order chi connectivity index (χ0) is 14.9. The van der Waals surface area contributed by atoms with Crippen molar-refractivity contribution in [3.8, 4) is 11.6 Å². The first-order valence-corrected chi connectivity index (χ1v) is 8.40. The first-order chi connectivity index (χ1) is 10.8. The van der Waals surface area contributed by atoms with Gasteiger partial charge in [0.25, 0.3) is 5.91 Å². The molecule has 2 aliphatic rings. The lowest BCUT2D eigenvalue weighted by atomic mass is 9.95. The minimum Gasteiger partial charge on any atom is -0.438 e. The lowest BCUT2D eigenvalue weighted by molar-refractivity contribution is 0.0935. The number of fused-ring (bicyclic) bond motifs is 2. The molecule has 2 bridgehead atoms. The Morgan fingerprint density at radius 1 is 1.41 bits per heavy atom. The van der Waals surface area contributed by atoms with Crippen LogP contribution in [0.15, 0.2) is 35.8 Å². The molecule has 2 N–H and O–H groups in total. The quantitative estimate of drug-likeness (QED) is 0.910. The number of hydrogen-bond donors (Lipinski definition) is 2. The predicted molar refractivity (Wildman–Crippen MR) is 84.4 cm³/mol. The zero-order valence-corrected chi connectivity index (χ0v) is 12.8. The van der Waals surface area contributed by atoms with Crippen LogP contribution in [-0.2, 0) is 0 Å². The van der Waals surface area contributed by atoms with E-state index in [4.69, 9.17) is 4.74 Å². The van der Waals surface area contributed by atoms with Crippen molar-refractivity contribution in [2.75, 3.05) is 0 Å². The Balaban J connectivity index is 1.39. The molecule has 4 rings (SSSR count). The fraction of sp³-hybridized carbons (Fsp3) is 0.375. The number of pyridine rings is 1. The van der Waals surface area contributed by atoms with Crippen LogP contribution < -0.4 is 15.4 Å². The Morgan fingerprint density at radius 3 is 3.09 bits per heavy atom. The van der Waals surface area contributed by atoms with Crippen molar-refractivity contribution in [1.29, 1.82) is 0 Å². The van der Waals surface area contributed by atoms with Gasteiger partial charge in [-0.2, -0.15) is 0 Å². The Kier molecular flexibility index (Phi) is 3.56. The largest absolute Gasteiger partial charge is 0.438 e. The van der Waals surface area contributed by atoms with E-state index in [1.807, 2.05) is 17.5 Å². The second kappa shape index (κ2) is 5.70. The summed E-state index contributed by atoms with van der Waals surface area (Å²) in [5, 5.41) is 8.51. The van der Waals surface area contributed by atoms with Crippen LogP contribution in [0.4, 0.5) is 0 Å². The number of aromatic nitrogens is 1. The summed E-state index contributed by atoms with van der Waals surface area (Å²) < 4.78 is 5.64. The van der Waals surface area contributed by atoms with Gasteiger partial charge in [-0.15, -0.1) is 11.3 Å². The van der Waals surface area contributed by atoms with Gasteiger partial charge in [-0.1, -0.05) is 6.07 Å². The van der Waals surface area contributed by atoms with Crippen LogP contribution in [0.1, 0.15) is 28.9 Å². The second-order valence-corrected chi connectivity index (χ2v) is 6.69. The third-order valence-electron chi connectivity index (χ3n) is 4.28. The van der Waals surface area contributed by atoms with Crippen LogP contribution in [0, 0.1) is 0 Å². The lowest BCUT2D eigenvalue weighted by Crippen LogP contribution is -2.42. The summed E-state index contributed by atoms with van der Waals surface area (Å²) >= 11 is 1.40. The number of rotatable bonds is 4. The highest BCUT2D eigenvalue weighted by Gasteiger charge is 2.39. The van der Waals surface area contributed by atoms with E-state index < -0.39 is 0 Å². The standard InChI is InChI=1S/C16H17N3O2S/c20-16(19-13-7-10-4-5-12(13)18-10)14-8-11(9-22-14)21-15-3-1-2-6-17-15/h1-3,6,8-10,12-13,18H,4-5,7H2,(H,19,20). The number of amides is 1. The van der Waals surface area contributed by atoms with Crippen LogP contribution >= 0.6 is 11.3 Å². The summed E-state index contributed by atoms with van der Waals surface area (Å²) in [5.74, 6) is 1.17. The summed E-state index contributed by atoms with van der Waals surface area (Å²) in [6.45, 7) is 0. The molecule has 3 atom stereocenters. The number of thiophene rings is 1. The Bertz CT molecular complexity index is 673. The molecule has 6 heteroatoms. The highest BCUT2D eigenvalue weighted by molar-refractivity contribution is 7.12. The van der Waals surface area contributed by atoms with E-state index in [0.717, 1.165) is 12.8 Å². The maximum atomic E-state index is 12.3. The van der Waals surface area contributed by atoms with Gasteiger partial charge in [0, 0.05) is 41.8 Å². The van der Waals surface area contributed by atoms with Crippen molar-refractivity contribution in [2.45, 2.75) is 37.4 Å². The average molecular weight is 315 g/mol. The van der Waals surface area contributed by atoms with Gasteiger partial charge >= 0.3 is 0 Å². The molecule has 2 saturated heterocycles. The molecule has 1 amide bonds. The molecule has 114 valence electrons. The van der Waals surface area contributed by atoms with Crippen molar-refractivity contribution < 1.29 is 9.53 Å². The molecule has 2 fully saturated rings. The van der Waals surface area contributed by atoms with Gasteiger partial charge in [0.1, 0.15) is 5.75 Å². The van der Waals surface area contributed by atoms with Crippen molar-refractivity contribution in [3.63, 3.8) is 0 Å². The van der Waals surface area contributed by atoms with Crippen molar-refractivity contribution in [1.82, 2.24) is 15.6 Å². The van der Waals surface area contributed by atoms with Gasteiger partial charge < -0.3 is 15.4 Å². The van der Waals surface area contributed by atoms with Crippen molar-refractivity contribution >= 4 is 17.2 Å². The molecule has 2 aliphatic heterocycles. The zero-order valence-electron chi connectivity index (χ0n) is 12.0. The van der Waals surface area contributed by atoms with Crippen LogP contribution in [0.2, 0.25) is 0 Å². The molecule has 0 aromatic carbocycles. The molecule has 5 nitrogen and oxygen atoms in total. The van der Waals surface area contributed by atoms with E-state index in [9.17, 15) is 4.79 Å². The van der Waals surface area contributed by atoms with E-state index in [-0.39, 0.29) is 11.9 Å². The fourth-order valence-corrected chi connectivity index (χ4v) is 3.95. The Labute approximate surface area is 132 Å². The molecule has 2 aromatic heterocycles. The number of carbonyl (C=O) groups is 1. The molecule has 2 aromatic rings. The SMILES string of the molecule is O=C(NC1CC2CCC1N2)c1cc(Oc2ccccn2)cs1. The van der Waals surface area contributed by atoms with Gasteiger partial charge in [-0.25, -0.2) is 4.98 Å². The number of hydrogen-bond acceptors (Lipinski definition) is 5.